The summed E-state index contributed by atoms with van der Waals surface area (Å²) in [5, 5.41) is 3.06. The number of hydrogen-bond donors (Lipinski definition) is 1. The Bertz CT molecular complexity index is 416. The van der Waals surface area contributed by atoms with E-state index in [0.717, 1.165) is 37.2 Å². The fourth-order valence-electron chi connectivity index (χ4n) is 2.26. The van der Waals surface area contributed by atoms with Crippen LogP contribution >= 0.6 is 21.6 Å². The molecule has 0 aliphatic carbocycles. The molecule has 7 heteroatoms. The van der Waals surface area contributed by atoms with Gasteiger partial charge < -0.3 is 5.32 Å². The van der Waals surface area contributed by atoms with Crippen LogP contribution in [0.4, 0.5) is 0 Å². The first-order valence-corrected chi connectivity index (χ1v) is 9.73. The molecule has 0 aromatic carbocycles. The maximum Gasteiger partial charge on any atom is 0.253 e. The molecular weight excluding hydrogens is 308 g/mol. The van der Waals surface area contributed by atoms with Crippen molar-refractivity contribution >= 4 is 39.3 Å². The first-order chi connectivity index (χ1) is 10.2. The van der Waals surface area contributed by atoms with Crippen LogP contribution in [0.1, 0.15) is 32.1 Å². The van der Waals surface area contributed by atoms with Crippen LogP contribution in [0.5, 0.6) is 0 Å². The van der Waals surface area contributed by atoms with Crippen LogP contribution in [0, 0.1) is 0 Å². The van der Waals surface area contributed by atoms with Crippen LogP contribution in [0.25, 0.3) is 0 Å². The molecule has 1 N–H and O–H groups in total. The van der Waals surface area contributed by atoms with E-state index in [1.165, 1.54) is 17.1 Å². The number of carbonyl (C=O) groups excluding carboxylic acids is 3. The minimum absolute atomic E-state index is 0.113. The Morgan fingerprint density at radius 1 is 1.19 bits per heavy atom. The van der Waals surface area contributed by atoms with Gasteiger partial charge in [0.25, 0.3) is 11.8 Å². The third-order valence-electron chi connectivity index (χ3n) is 3.45. The van der Waals surface area contributed by atoms with Crippen LogP contribution in [0.2, 0.25) is 0 Å². The van der Waals surface area contributed by atoms with Crippen molar-refractivity contribution in [2.45, 2.75) is 38.1 Å². The smallest absolute Gasteiger partial charge is 0.253 e. The van der Waals surface area contributed by atoms with Crippen molar-refractivity contribution in [2.75, 3.05) is 18.1 Å². The van der Waals surface area contributed by atoms with Crippen LogP contribution in [0.15, 0.2) is 12.2 Å². The molecule has 1 unspecified atom stereocenters. The van der Waals surface area contributed by atoms with E-state index in [-0.39, 0.29) is 17.7 Å². The zero-order valence-corrected chi connectivity index (χ0v) is 13.5. The average molecular weight is 328 g/mol. The van der Waals surface area contributed by atoms with Crippen molar-refractivity contribution in [1.29, 1.82) is 0 Å². The molecule has 0 aromatic rings. The minimum Gasteiger partial charge on any atom is -0.352 e. The molecule has 0 saturated carbocycles. The Morgan fingerprint density at radius 3 is 2.62 bits per heavy atom. The van der Waals surface area contributed by atoms with Gasteiger partial charge in [0.15, 0.2) is 0 Å². The highest BCUT2D eigenvalue weighted by Gasteiger charge is 2.22. The molecule has 2 aliphatic rings. The van der Waals surface area contributed by atoms with Crippen molar-refractivity contribution in [3.63, 3.8) is 0 Å². The third-order valence-corrected chi connectivity index (χ3v) is 5.97. The van der Waals surface area contributed by atoms with Crippen molar-refractivity contribution in [3.05, 3.63) is 12.2 Å². The first kappa shape index (κ1) is 16.4. The molecule has 2 aliphatic heterocycles. The second-order valence-corrected chi connectivity index (χ2v) is 7.76. The summed E-state index contributed by atoms with van der Waals surface area (Å²) in [6.07, 6.45) is 6.57. The van der Waals surface area contributed by atoms with Crippen LogP contribution < -0.4 is 5.32 Å². The number of nitrogens with zero attached hydrogens (tertiary/aromatic N) is 1. The molecule has 5 nitrogen and oxygen atoms in total. The summed E-state index contributed by atoms with van der Waals surface area (Å²) in [6, 6.07) is 0.315. The highest BCUT2D eigenvalue weighted by molar-refractivity contribution is 8.76. The second-order valence-electron chi connectivity index (χ2n) is 5.13. The summed E-state index contributed by atoms with van der Waals surface area (Å²) in [6.45, 7) is 0.447. The summed E-state index contributed by atoms with van der Waals surface area (Å²) in [5.74, 6) is 1.74. The summed E-state index contributed by atoms with van der Waals surface area (Å²) >= 11 is 0. The van der Waals surface area contributed by atoms with Crippen molar-refractivity contribution in [1.82, 2.24) is 10.2 Å². The van der Waals surface area contributed by atoms with Gasteiger partial charge in [-0.25, -0.2) is 0 Å². The molecule has 2 rings (SSSR count). The molecular formula is C14H20N2O3S2. The van der Waals surface area contributed by atoms with Gasteiger partial charge in [-0.3, -0.25) is 19.3 Å². The Morgan fingerprint density at radius 2 is 1.95 bits per heavy atom. The molecule has 1 saturated heterocycles. The van der Waals surface area contributed by atoms with Crippen LogP contribution in [-0.4, -0.2) is 46.7 Å². The highest BCUT2D eigenvalue weighted by atomic mass is 33.1. The number of hydrogen-bond acceptors (Lipinski definition) is 5. The van der Waals surface area contributed by atoms with E-state index in [4.69, 9.17) is 0 Å². The summed E-state index contributed by atoms with van der Waals surface area (Å²) in [5.41, 5.74) is 0. The lowest BCUT2D eigenvalue weighted by molar-refractivity contribution is -0.137. The van der Waals surface area contributed by atoms with Gasteiger partial charge in [-0.15, -0.1) is 0 Å². The average Bonchev–Trinajstić information content (AvgIpc) is 2.79. The van der Waals surface area contributed by atoms with Gasteiger partial charge in [-0.2, -0.15) is 0 Å². The molecule has 21 heavy (non-hydrogen) atoms. The molecule has 0 radical (unpaired) electrons. The van der Waals surface area contributed by atoms with Gasteiger partial charge >= 0.3 is 0 Å². The maximum absolute atomic E-state index is 11.8. The summed E-state index contributed by atoms with van der Waals surface area (Å²) in [4.78, 5) is 35.7. The monoisotopic (exact) mass is 328 g/mol. The molecule has 3 amide bonds. The predicted octanol–water partition coefficient (Wildman–Crippen LogP) is 1.74. The van der Waals surface area contributed by atoms with Gasteiger partial charge in [0, 0.05) is 42.7 Å². The van der Waals surface area contributed by atoms with Gasteiger partial charge in [-0.05, 0) is 19.3 Å². The van der Waals surface area contributed by atoms with Crippen LogP contribution in [0.3, 0.4) is 0 Å². The molecule has 2 heterocycles. The number of amides is 3. The second kappa shape index (κ2) is 8.48. The Hall–Kier alpha value is -0.950. The quantitative estimate of drug-likeness (QED) is 0.438. The third kappa shape index (κ3) is 5.39. The molecule has 1 fully saturated rings. The van der Waals surface area contributed by atoms with E-state index in [1.807, 2.05) is 21.6 Å². The Labute approximate surface area is 132 Å². The first-order valence-electron chi connectivity index (χ1n) is 7.24. The molecule has 116 valence electrons. The number of imide groups is 1. The molecule has 0 bridgehead atoms. The normalized spacial score (nSPS) is 21.9. The fraction of sp³-hybridized carbons (Fsp3) is 0.643. The Kier molecular flexibility index (Phi) is 6.63. The van der Waals surface area contributed by atoms with Crippen molar-refractivity contribution in [3.8, 4) is 0 Å². The van der Waals surface area contributed by atoms with Gasteiger partial charge in [0.2, 0.25) is 5.91 Å². The standard InChI is InChI=1S/C14H20N2O3S2/c17-12(15-11-7-9-20-21-10-11)4-2-1-3-8-16-13(18)5-6-14(16)19/h5-6,11H,1-4,7-10H2,(H,15,17). The maximum atomic E-state index is 11.8. The number of unbranched alkanes of at least 4 members (excludes halogenated alkanes) is 2. The SMILES string of the molecule is O=C(CCCCCN1C(=O)C=CC1=O)NC1CCSSC1. The zero-order valence-electron chi connectivity index (χ0n) is 11.9. The largest absolute Gasteiger partial charge is 0.352 e. The molecule has 0 aromatic heterocycles. The lowest BCUT2D eigenvalue weighted by atomic mass is 10.1. The van der Waals surface area contributed by atoms with Gasteiger partial charge in [0.1, 0.15) is 0 Å². The van der Waals surface area contributed by atoms with Crippen LogP contribution in [-0.2, 0) is 14.4 Å². The lowest BCUT2D eigenvalue weighted by Crippen LogP contribution is -2.37. The van der Waals surface area contributed by atoms with E-state index in [9.17, 15) is 14.4 Å². The van der Waals surface area contributed by atoms with Gasteiger partial charge in [0.05, 0.1) is 0 Å². The summed E-state index contributed by atoms with van der Waals surface area (Å²) in [7, 11) is 3.68. The van der Waals surface area contributed by atoms with Crippen molar-refractivity contribution < 1.29 is 14.4 Å². The fourth-order valence-corrected chi connectivity index (χ4v) is 4.69. The highest BCUT2D eigenvalue weighted by Crippen LogP contribution is 2.29. The number of nitrogens with one attached hydrogen (secondary N) is 1. The zero-order chi connectivity index (χ0) is 15.1. The topological polar surface area (TPSA) is 66.5 Å². The van der Waals surface area contributed by atoms with E-state index in [1.54, 1.807) is 0 Å². The predicted molar refractivity (Wildman–Crippen MR) is 85.8 cm³/mol. The number of rotatable bonds is 7. The minimum atomic E-state index is -0.231. The molecule has 0 spiro atoms. The van der Waals surface area contributed by atoms with Crippen molar-refractivity contribution in [2.24, 2.45) is 0 Å². The van der Waals surface area contributed by atoms with E-state index >= 15 is 0 Å². The lowest BCUT2D eigenvalue weighted by Gasteiger charge is -2.21. The van der Waals surface area contributed by atoms with Gasteiger partial charge in [-0.1, -0.05) is 28.0 Å². The van der Waals surface area contributed by atoms with E-state index in [2.05, 4.69) is 5.32 Å². The van der Waals surface area contributed by atoms with E-state index < -0.39 is 0 Å². The Balaban J connectivity index is 1.52. The van der Waals surface area contributed by atoms with E-state index in [0.29, 0.717) is 19.0 Å². The summed E-state index contributed by atoms with van der Waals surface area (Å²) < 4.78 is 0. The molecule has 1 atom stereocenters. The number of carbonyl (C=O) groups is 3.